The molecule has 0 aromatic heterocycles. The first-order valence-corrected chi connectivity index (χ1v) is 7.25. The van der Waals surface area contributed by atoms with E-state index in [9.17, 15) is 4.79 Å². The predicted molar refractivity (Wildman–Crippen MR) is 86.5 cm³/mol. The van der Waals surface area contributed by atoms with Crippen molar-refractivity contribution in [2.24, 2.45) is 0 Å². The summed E-state index contributed by atoms with van der Waals surface area (Å²) in [5, 5.41) is 0. The largest absolute Gasteiger partial charge is 0.496 e. The molecule has 4 heteroatoms. The van der Waals surface area contributed by atoms with Crippen LogP contribution < -0.4 is 9.47 Å². The molecule has 3 nitrogen and oxygen atoms in total. The third-order valence-electron chi connectivity index (χ3n) is 2.91. The Labute approximate surface area is 132 Å². The molecule has 0 saturated heterocycles. The summed E-state index contributed by atoms with van der Waals surface area (Å²) >= 11 is 2.14. The molecule has 0 spiro atoms. The van der Waals surface area contributed by atoms with E-state index in [1.54, 1.807) is 20.1 Å². The molecule has 2 aromatic carbocycles. The van der Waals surface area contributed by atoms with Crippen LogP contribution in [0.3, 0.4) is 0 Å². The molecule has 0 saturated carbocycles. The molecule has 2 aromatic rings. The molecule has 0 unspecified atom stereocenters. The summed E-state index contributed by atoms with van der Waals surface area (Å²) in [4.78, 5) is 11.4. The van der Waals surface area contributed by atoms with Gasteiger partial charge in [-0.3, -0.25) is 4.79 Å². The first-order chi connectivity index (χ1) is 9.61. The van der Waals surface area contributed by atoms with Crippen LogP contribution in [0.15, 0.2) is 42.5 Å². The number of carbonyl (C=O) groups excluding carboxylic acids is 1. The van der Waals surface area contributed by atoms with E-state index in [1.807, 2.05) is 36.4 Å². The summed E-state index contributed by atoms with van der Waals surface area (Å²) in [7, 11) is 1.64. The summed E-state index contributed by atoms with van der Waals surface area (Å²) in [5.74, 6) is 1.61. The minimum Gasteiger partial charge on any atom is -0.496 e. The molecule has 0 bridgehead atoms. The van der Waals surface area contributed by atoms with Crippen LogP contribution >= 0.6 is 22.6 Å². The highest BCUT2D eigenvalue weighted by molar-refractivity contribution is 14.1. The van der Waals surface area contributed by atoms with Crippen LogP contribution in [0.5, 0.6) is 11.5 Å². The van der Waals surface area contributed by atoms with Crippen LogP contribution in [-0.2, 0) is 6.61 Å². The van der Waals surface area contributed by atoms with Gasteiger partial charge in [-0.05, 0) is 53.8 Å². The average Bonchev–Trinajstić information content (AvgIpc) is 2.45. The Morgan fingerprint density at radius 1 is 1.20 bits per heavy atom. The number of hydrogen-bond donors (Lipinski definition) is 0. The van der Waals surface area contributed by atoms with E-state index in [1.165, 1.54) is 0 Å². The second-order valence-electron chi connectivity index (χ2n) is 4.30. The van der Waals surface area contributed by atoms with Gasteiger partial charge in [-0.1, -0.05) is 18.2 Å². The Kier molecular flexibility index (Phi) is 5.00. The Hall–Kier alpha value is -1.56. The van der Waals surface area contributed by atoms with Crippen molar-refractivity contribution in [2.75, 3.05) is 7.11 Å². The summed E-state index contributed by atoms with van der Waals surface area (Å²) in [5.41, 5.74) is 1.70. The Morgan fingerprint density at radius 2 is 1.95 bits per heavy atom. The maximum atomic E-state index is 11.4. The van der Waals surface area contributed by atoms with Gasteiger partial charge in [-0.25, -0.2) is 0 Å². The van der Waals surface area contributed by atoms with Gasteiger partial charge >= 0.3 is 0 Å². The number of para-hydroxylation sites is 1. The molecular weight excluding hydrogens is 367 g/mol. The molecule has 0 fully saturated rings. The van der Waals surface area contributed by atoms with Gasteiger partial charge in [0.25, 0.3) is 0 Å². The lowest BCUT2D eigenvalue weighted by molar-refractivity contribution is 0.101. The molecule has 0 heterocycles. The van der Waals surface area contributed by atoms with Crippen LogP contribution in [-0.4, -0.2) is 12.9 Å². The number of ether oxygens (including phenoxy) is 2. The van der Waals surface area contributed by atoms with Crippen molar-refractivity contribution in [1.82, 2.24) is 0 Å². The fraction of sp³-hybridized carbons (Fsp3) is 0.188. The van der Waals surface area contributed by atoms with Crippen LogP contribution in [0.25, 0.3) is 0 Å². The highest BCUT2D eigenvalue weighted by Crippen LogP contribution is 2.23. The van der Waals surface area contributed by atoms with E-state index in [0.29, 0.717) is 6.61 Å². The average molecular weight is 382 g/mol. The van der Waals surface area contributed by atoms with E-state index in [2.05, 4.69) is 22.6 Å². The van der Waals surface area contributed by atoms with Crippen molar-refractivity contribution in [1.29, 1.82) is 0 Å². The van der Waals surface area contributed by atoms with Gasteiger partial charge in [0, 0.05) is 14.7 Å². The van der Waals surface area contributed by atoms with Crippen molar-refractivity contribution in [2.45, 2.75) is 13.5 Å². The fourth-order valence-electron chi connectivity index (χ4n) is 1.85. The van der Waals surface area contributed by atoms with E-state index < -0.39 is 0 Å². The molecule has 104 valence electrons. The van der Waals surface area contributed by atoms with Gasteiger partial charge in [0.05, 0.1) is 7.11 Å². The Balaban J connectivity index is 2.11. The first kappa shape index (κ1) is 14.8. The third kappa shape index (κ3) is 3.50. The number of rotatable bonds is 5. The third-order valence-corrected chi connectivity index (χ3v) is 3.80. The lowest BCUT2D eigenvalue weighted by Crippen LogP contribution is -2.00. The molecular formula is C16H15IO3. The smallest absolute Gasteiger partial charge is 0.160 e. The number of benzene rings is 2. The van der Waals surface area contributed by atoms with Crippen molar-refractivity contribution >= 4 is 28.4 Å². The second kappa shape index (κ2) is 6.74. The van der Waals surface area contributed by atoms with Crippen molar-refractivity contribution < 1.29 is 14.3 Å². The summed E-state index contributed by atoms with van der Waals surface area (Å²) in [6, 6.07) is 13.2. The standard InChI is InChI=1S/C16H15IO3/c1-11(18)14-8-7-13(9-15(14)17)20-10-12-5-3-4-6-16(12)19-2/h3-9H,10H2,1-2H3. The molecule has 0 aliphatic rings. The number of ketones is 1. The van der Waals surface area contributed by atoms with Gasteiger partial charge in [-0.15, -0.1) is 0 Å². The summed E-state index contributed by atoms with van der Waals surface area (Å²) in [6.45, 7) is 1.99. The summed E-state index contributed by atoms with van der Waals surface area (Å²) in [6.07, 6.45) is 0. The van der Waals surface area contributed by atoms with Crippen LogP contribution in [0.1, 0.15) is 22.8 Å². The van der Waals surface area contributed by atoms with E-state index >= 15 is 0 Å². The minimum absolute atomic E-state index is 0.0608. The number of hydrogen-bond acceptors (Lipinski definition) is 3. The Morgan fingerprint density at radius 3 is 2.60 bits per heavy atom. The lowest BCUT2D eigenvalue weighted by Gasteiger charge is -2.11. The highest BCUT2D eigenvalue weighted by atomic mass is 127. The van der Waals surface area contributed by atoms with E-state index in [0.717, 1.165) is 26.2 Å². The molecule has 0 amide bonds. The van der Waals surface area contributed by atoms with Crippen molar-refractivity contribution in [3.63, 3.8) is 0 Å². The zero-order valence-electron chi connectivity index (χ0n) is 11.4. The van der Waals surface area contributed by atoms with Gasteiger partial charge in [0.15, 0.2) is 5.78 Å². The number of halogens is 1. The summed E-state index contributed by atoms with van der Waals surface area (Å²) < 4.78 is 11.9. The maximum absolute atomic E-state index is 11.4. The van der Waals surface area contributed by atoms with Gasteiger partial charge in [0.2, 0.25) is 0 Å². The SMILES string of the molecule is COc1ccccc1COc1ccc(C(C)=O)c(I)c1. The fourth-order valence-corrected chi connectivity index (χ4v) is 2.72. The van der Waals surface area contributed by atoms with Gasteiger partial charge in [0.1, 0.15) is 18.1 Å². The van der Waals surface area contributed by atoms with Crippen molar-refractivity contribution in [3.05, 3.63) is 57.2 Å². The Bertz CT molecular complexity index is 623. The molecule has 0 N–H and O–H groups in total. The van der Waals surface area contributed by atoms with Crippen LogP contribution in [0, 0.1) is 3.57 Å². The predicted octanol–water partition coefficient (Wildman–Crippen LogP) is 4.08. The topological polar surface area (TPSA) is 35.5 Å². The number of carbonyl (C=O) groups is 1. The zero-order valence-corrected chi connectivity index (χ0v) is 13.5. The molecule has 20 heavy (non-hydrogen) atoms. The van der Waals surface area contributed by atoms with Gasteiger partial charge in [-0.2, -0.15) is 0 Å². The van der Waals surface area contributed by atoms with E-state index in [-0.39, 0.29) is 5.78 Å². The normalized spacial score (nSPS) is 10.2. The molecule has 0 aliphatic heterocycles. The lowest BCUT2D eigenvalue weighted by atomic mass is 10.1. The molecule has 2 rings (SSSR count). The van der Waals surface area contributed by atoms with Crippen molar-refractivity contribution in [3.8, 4) is 11.5 Å². The molecule has 0 atom stereocenters. The molecule has 0 aliphatic carbocycles. The highest BCUT2D eigenvalue weighted by Gasteiger charge is 2.07. The quantitative estimate of drug-likeness (QED) is 0.578. The maximum Gasteiger partial charge on any atom is 0.160 e. The van der Waals surface area contributed by atoms with Crippen LogP contribution in [0.2, 0.25) is 0 Å². The zero-order chi connectivity index (χ0) is 14.5. The number of methoxy groups -OCH3 is 1. The van der Waals surface area contributed by atoms with E-state index in [4.69, 9.17) is 9.47 Å². The van der Waals surface area contributed by atoms with Gasteiger partial charge < -0.3 is 9.47 Å². The van der Waals surface area contributed by atoms with Crippen LogP contribution in [0.4, 0.5) is 0 Å². The number of Topliss-reactive ketones (excluding diaryl/α,β-unsaturated/α-hetero) is 1. The first-order valence-electron chi connectivity index (χ1n) is 6.17. The monoisotopic (exact) mass is 382 g/mol. The minimum atomic E-state index is 0.0608. The molecule has 0 radical (unpaired) electrons. The second-order valence-corrected chi connectivity index (χ2v) is 5.46.